The molecule has 2 heterocycles. The number of nitrogens with zero attached hydrogens (tertiary/aromatic N) is 2. The van der Waals surface area contributed by atoms with Crippen LogP contribution in [0.5, 0.6) is 0 Å². The van der Waals surface area contributed by atoms with Crippen LogP contribution in [0.1, 0.15) is 25.5 Å². The van der Waals surface area contributed by atoms with Gasteiger partial charge in [0.25, 0.3) is 0 Å². The summed E-state index contributed by atoms with van der Waals surface area (Å²) >= 11 is 0. The largest absolute Gasteiger partial charge is 0.379 e. The van der Waals surface area contributed by atoms with Gasteiger partial charge in [0, 0.05) is 42.8 Å². The third-order valence-electron chi connectivity index (χ3n) is 3.88. The quantitative estimate of drug-likeness (QED) is 0.842. The topological polar surface area (TPSA) is 17.4 Å². The Morgan fingerprint density at radius 2 is 1.89 bits per heavy atom. The lowest BCUT2D eigenvalue weighted by Crippen LogP contribution is -2.35. The average Bonchev–Trinajstić information content (AvgIpc) is 2.79. The third-order valence-corrected chi connectivity index (χ3v) is 3.88. The lowest BCUT2D eigenvalue weighted by atomic mass is 10.1. The minimum atomic E-state index is 0.503. The van der Waals surface area contributed by atoms with Gasteiger partial charge in [-0.2, -0.15) is 0 Å². The van der Waals surface area contributed by atoms with Crippen molar-refractivity contribution in [2.75, 3.05) is 26.3 Å². The second-order valence-electron chi connectivity index (χ2n) is 5.56. The molecule has 1 aliphatic rings. The summed E-state index contributed by atoms with van der Waals surface area (Å²) in [6.45, 7) is 9.33. The molecular formula is C16H22N2O. The lowest BCUT2D eigenvalue weighted by molar-refractivity contribution is 0.0343. The van der Waals surface area contributed by atoms with E-state index in [9.17, 15) is 0 Å². The minimum Gasteiger partial charge on any atom is -0.379 e. The van der Waals surface area contributed by atoms with E-state index in [-0.39, 0.29) is 0 Å². The van der Waals surface area contributed by atoms with E-state index in [1.165, 1.54) is 16.5 Å². The van der Waals surface area contributed by atoms with Crippen molar-refractivity contribution in [3.05, 3.63) is 36.0 Å². The van der Waals surface area contributed by atoms with Crippen LogP contribution in [0.4, 0.5) is 0 Å². The normalized spacial score (nSPS) is 17.4. The molecule has 0 unspecified atom stereocenters. The summed E-state index contributed by atoms with van der Waals surface area (Å²) in [7, 11) is 0. The van der Waals surface area contributed by atoms with Gasteiger partial charge < -0.3 is 9.30 Å². The summed E-state index contributed by atoms with van der Waals surface area (Å²) in [4.78, 5) is 2.48. The standard InChI is InChI=1S/C16H22N2O/c1-13(2)18-12-14(11-17-7-9-19-10-8-17)15-5-3-4-6-16(15)18/h3-6,12-13H,7-11H2,1-2H3. The van der Waals surface area contributed by atoms with E-state index in [0.717, 1.165) is 32.8 Å². The van der Waals surface area contributed by atoms with Crippen LogP contribution in [0.15, 0.2) is 30.5 Å². The molecule has 1 saturated heterocycles. The van der Waals surface area contributed by atoms with Crippen molar-refractivity contribution in [2.24, 2.45) is 0 Å². The predicted octanol–water partition coefficient (Wildman–Crippen LogP) is 3.05. The SMILES string of the molecule is CC(C)n1cc(CN2CCOCC2)c2ccccc21. The molecule has 1 aromatic carbocycles. The zero-order chi connectivity index (χ0) is 13.2. The van der Waals surface area contributed by atoms with Crippen molar-refractivity contribution in [3.63, 3.8) is 0 Å². The first-order valence-corrected chi connectivity index (χ1v) is 7.14. The summed E-state index contributed by atoms with van der Waals surface area (Å²) in [6.07, 6.45) is 2.32. The highest BCUT2D eigenvalue weighted by Gasteiger charge is 2.15. The molecule has 0 radical (unpaired) electrons. The molecule has 2 aromatic rings. The molecule has 0 atom stereocenters. The average molecular weight is 258 g/mol. The zero-order valence-corrected chi connectivity index (χ0v) is 11.8. The van der Waals surface area contributed by atoms with Crippen molar-refractivity contribution in [1.29, 1.82) is 0 Å². The van der Waals surface area contributed by atoms with Gasteiger partial charge in [-0.05, 0) is 25.5 Å². The summed E-state index contributed by atoms with van der Waals surface area (Å²) in [5.41, 5.74) is 2.78. The van der Waals surface area contributed by atoms with Crippen LogP contribution in [-0.2, 0) is 11.3 Å². The van der Waals surface area contributed by atoms with Crippen molar-refractivity contribution in [3.8, 4) is 0 Å². The van der Waals surface area contributed by atoms with Gasteiger partial charge in [-0.3, -0.25) is 4.90 Å². The number of morpholine rings is 1. The summed E-state index contributed by atoms with van der Waals surface area (Å²) < 4.78 is 7.80. The van der Waals surface area contributed by atoms with Gasteiger partial charge in [0.1, 0.15) is 0 Å². The molecule has 0 spiro atoms. The highest BCUT2D eigenvalue weighted by molar-refractivity contribution is 5.84. The number of fused-ring (bicyclic) bond motifs is 1. The van der Waals surface area contributed by atoms with Gasteiger partial charge in [0.05, 0.1) is 13.2 Å². The van der Waals surface area contributed by atoms with Gasteiger partial charge in [-0.1, -0.05) is 18.2 Å². The van der Waals surface area contributed by atoms with E-state index in [0.29, 0.717) is 6.04 Å². The number of rotatable bonds is 3. The Bertz CT molecular complexity index is 553. The van der Waals surface area contributed by atoms with Crippen molar-refractivity contribution in [2.45, 2.75) is 26.4 Å². The van der Waals surface area contributed by atoms with E-state index in [4.69, 9.17) is 4.74 Å². The van der Waals surface area contributed by atoms with Crippen LogP contribution in [0.25, 0.3) is 10.9 Å². The number of hydrogen-bond donors (Lipinski definition) is 0. The highest BCUT2D eigenvalue weighted by Crippen LogP contribution is 2.25. The fourth-order valence-electron chi connectivity index (χ4n) is 2.83. The molecule has 3 rings (SSSR count). The third kappa shape index (κ3) is 2.53. The molecule has 3 nitrogen and oxygen atoms in total. The molecular weight excluding hydrogens is 236 g/mol. The Balaban J connectivity index is 1.94. The Morgan fingerprint density at radius 3 is 2.63 bits per heavy atom. The maximum Gasteiger partial charge on any atom is 0.0594 e. The molecule has 102 valence electrons. The van der Waals surface area contributed by atoms with Crippen LogP contribution in [0.2, 0.25) is 0 Å². The van der Waals surface area contributed by atoms with Crippen molar-refractivity contribution < 1.29 is 4.74 Å². The molecule has 0 saturated carbocycles. The molecule has 0 amide bonds. The zero-order valence-electron chi connectivity index (χ0n) is 11.8. The number of para-hydroxylation sites is 1. The van der Waals surface area contributed by atoms with Crippen LogP contribution < -0.4 is 0 Å². The first-order valence-electron chi connectivity index (χ1n) is 7.14. The summed E-state index contributed by atoms with van der Waals surface area (Å²) in [6, 6.07) is 9.22. The second kappa shape index (κ2) is 5.35. The molecule has 1 aliphatic heterocycles. The molecule has 1 aromatic heterocycles. The summed E-state index contributed by atoms with van der Waals surface area (Å²) in [5.74, 6) is 0. The Kier molecular flexibility index (Phi) is 3.58. The molecule has 3 heteroatoms. The Morgan fingerprint density at radius 1 is 1.16 bits per heavy atom. The second-order valence-corrected chi connectivity index (χ2v) is 5.56. The molecule has 0 aliphatic carbocycles. The van der Waals surface area contributed by atoms with Crippen molar-refractivity contribution >= 4 is 10.9 Å². The maximum absolute atomic E-state index is 5.42. The van der Waals surface area contributed by atoms with Crippen LogP contribution in [0.3, 0.4) is 0 Å². The van der Waals surface area contributed by atoms with E-state index in [2.05, 4.69) is 53.8 Å². The van der Waals surface area contributed by atoms with E-state index >= 15 is 0 Å². The maximum atomic E-state index is 5.42. The Hall–Kier alpha value is -1.32. The monoisotopic (exact) mass is 258 g/mol. The van der Waals surface area contributed by atoms with Gasteiger partial charge in [-0.15, -0.1) is 0 Å². The smallest absolute Gasteiger partial charge is 0.0594 e. The first kappa shape index (κ1) is 12.7. The van der Waals surface area contributed by atoms with Gasteiger partial charge >= 0.3 is 0 Å². The first-order chi connectivity index (χ1) is 9.25. The van der Waals surface area contributed by atoms with Crippen molar-refractivity contribution in [1.82, 2.24) is 9.47 Å². The van der Waals surface area contributed by atoms with Gasteiger partial charge in [0.15, 0.2) is 0 Å². The minimum absolute atomic E-state index is 0.503. The molecule has 0 bridgehead atoms. The van der Waals surface area contributed by atoms with Gasteiger partial charge in [-0.25, -0.2) is 0 Å². The lowest BCUT2D eigenvalue weighted by Gasteiger charge is -2.26. The van der Waals surface area contributed by atoms with E-state index in [1.807, 2.05) is 0 Å². The van der Waals surface area contributed by atoms with Crippen LogP contribution in [-0.4, -0.2) is 35.8 Å². The van der Waals surface area contributed by atoms with Crippen LogP contribution in [0, 0.1) is 0 Å². The fourth-order valence-corrected chi connectivity index (χ4v) is 2.83. The van der Waals surface area contributed by atoms with Gasteiger partial charge in [0.2, 0.25) is 0 Å². The molecule has 19 heavy (non-hydrogen) atoms. The predicted molar refractivity (Wildman–Crippen MR) is 78.4 cm³/mol. The highest BCUT2D eigenvalue weighted by atomic mass is 16.5. The fraction of sp³-hybridized carbons (Fsp3) is 0.500. The van der Waals surface area contributed by atoms with E-state index in [1.54, 1.807) is 0 Å². The summed E-state index contributed by atoms with van der Waals surface area (Å²) in [5, 5.41) is 1.39. The number of benzene rings is 1. The number of aromatic nitrogens is 1. The van der Waals surface area contributed by atoms with Crippen LogP contribution >= 0.6 is 0 Å². The molecule has 1 fully saturated rings. The Labute approximate surface area is 114 Å². The van der Waals surface area contributed by atoms with E-state index < -0.39 is 0 Å². The number of hydrogen-bond acceptors (Lipinski definition) is 2. The molecule has 0 N–H and O–H groups in total. The number of ether oxygens (including phenoxy) is 1.